The van der Waals surface area contributed by atoms with Crippen LogP contribution in [-0.4, -0.2) is 0 Å². The van der Waals surface area contributed by atoms with Gasteiger partial charge in [-0.25, -0.2) is 0 Å². The summed E-state index contributed by atoms with van der Waals surface area (Å²) in [5.41, 5.74) is 12.9. The Balaban J connectivity index is 1.13. The van der Waals surface area contributed by atoms with Gasteiger partial charge in [-0.2, -0.15) is 0 Å². The third-order valence-corrected chi connectivity index (χ3v) is 10.9. The van der Waals surface area contributed by atoms with E-state index < -0.39 is 0 Å². The zero-order valence-electron chi connectivity index (χ0n) is 30.3. The molecule has 1 heteroatoms. The van der Waals surface area contributed by atoms with Crippen molar-refractivity contribution in [2.45, 2.75) is 0 Å². The second-order valence-electron chi connectivity index (χ2n) is 14.1. The van der Waals surface area contributed by atoms with Crippen molar-refractivity contribution >= 4 is 49.4 Å². The molecule has 0 aliphatic heterocycles. The minimum Gasteiger partial charge on any atom is -0.310 e. The van der Waals surface area contributed by atoms with Crippen molar-refractivity contribution in [3.8, 4) is 44.5 Å². The van der Waals surface area contributed by atoms with Gasteiger partial charge in [0.2, 0.25) is 0 Å². The number of hydrogen-bond donors (Lipinski definition) is 0. The molecule has 0 radical (unpaired) electrons. The normalized spacial score (nSPS) is 11.3. The fraction of sp³-hybridized carbons (Fsp3) is 0. The highest BCUT2D eigenvalue weighted by atomic mass is 15.1. The van der Waals surface area contributed by atoms with E-state index in [4.69, 9.17) is 0 Å². The van der Waals surface area contributed by atoms with E-state index in [2.05, 4.69) is 229 Å². The number of fused-ring (bicyclic) bond motifs is 5. The molecule has 0 heterocycles. The van der Waals surface area contributed by atoms with Crippen LogP contribution in [0.25, 0.3) is 76.8 Å². The predicted molar refractivity (Wildman–Crippen MR) is 235 cm³/mol. The number of hydrogen-bond acceptors (Lipinski definition) is 1. The van der Waals surface area contributed by atoms with Crippen LogP contribution in [0.4, 0.5) is 17.1 Å². The maximum absolute atomic E-state index is 2.39. The Bertz CT molecular complexity index is 2930. The highest BCUT2D eigenvalue weighted by molar-refractivity contribution is 6.21. The van der Waals surface area contributed by atoms with Crippen LogP contribution in [0.5, 0.6) is 0 Å². The van der Waals surface area contributed by atoms with Crippen molar-refractivity contribution in [1.29, 1.82) is 0 Å². The summed E-state index contributed by atoms with van der Waals surface area (Å²) < 4.78 is 0. The van der Waals surface area contributed by atoms with Crippen molar-refractivity contribution in [3.05, 3.63) is 224 Å². The lowest BCUT2D eigenvalue weighted by atomic mass is 9.91. The van der Waals surface area contributed by atoms with Crippen LogP contribution in [0.15, 0.2) is 224 Å². The van der Waals surface area contributed by atoms with E-state index in [0.717, 1.165) is 17.1 Å². The Labute approximate surface area is 322 Å². The van der Waals surface area contributed by atoms with E-state index in [1.54, 1.807) is 0 Å². The molecule has 0 saturated heterocycles. The minimum atomic E-state index is 1.10. The summed E-state index contributed by atoms with van der Waals surface area (Å²) in [6, 6.07) is 81.4. The van der Waals surface area contributed by atoms with Crippen LogP contribution in [0.1, 0.15) is 0 Å². The zero-order chi connectivity index (χ0) is 36.6. The molecule has 0 spiro atoms. The number of rotatable bonds is 7. The molecule has 1 nitrogen and oxygen atoms in total. The third kappa shape index (κ3) is 6.02. The lowest BCUT2D eigenvalue weighted by Crippen LogP contribution is -2.10. The second-order valence-corrected chi connectivity index (χ2v) is 14.1. The Morgan fingerprint density at radius 3 is 1.33 bits per heavy atom. The highest BCUT2D eigenvalue weighted by Gasteiger charge is 2.18. The average molecular weight is 700 g/mol. The van der Waals surface area contributed by atoms with Gasteiger partial charge in [-0.05, 0) is 119 Å². The van der Waals surface area contributed by atoms with Gasteiger partial charge in [-0.15, -0.1) is 0 Å². The highest BCUT2D eigenvalue weighted by Crippen LogP contribution is 2.43. The summed E-state index contributed by atoms with van der Waals surface area (Å²) in [4.78, 5) is 2.38. The van der Waals surface area contributed by atoms with Gasteiger partial charge in [0.05, 0.1) is 0 Å². The molecule has 10 aromatic carbocycles. The molecule has 0 aromatic heterocycles. The number of nitrogens with zero attached hydrogens (tertiary/aromatic N) is 1. The smallest absolute Gasteiger partial charge is 0.0468 e. The molecule has 0 aliphatic carbocycles. The SMILES string of the molecule is c1ccc(-c2ccc(N(c3ccc(-c4cc5c6ccccc6ccc5c5ccccc45)cc3)c3ccc(-c4ccccc4)c(-c4ccccc4)c3)cc2)cc1. The molecule has 10 rings (SSSR count). The summed E-state index contributed by atoms with van der Waals surface area (Å²) in [6.45, 7) is 0. The molecule has 0 N–H and O–H groups in total. The summed E-state index contributed by atoms with van der Waals surface area (Å²) in [7, 11) is 0. The van der Waals surface area contributed by atoms with Crippen molar-refractivity contribution < 1.29 is 0 Å². The van der Waals surface area contributed by atoms with Crippen molar-refractivity contribution in [1.82, 2.24) is 0 Å². The third-order valence-electron chi connectivity index (χ3n) is 10.9. The monoisotopic (exact) mass is 699 g/mol. The van der Waals surface area contributed by atoms with Gasteiger partial charge in [-0.3, -0.25) is 0 Å². The van der Waals surface area contributed by atoms with Crippen LogP contribution >= 0.6 is 0 Å². The number of benzene rings is 10. The van der Waals surface area contributed by atoms with E-state index in [0.29, 0.717) is 0 Å². The van der Waals surface area contributed by atoms with Crippen LogP contribution in [0, 0.1) is 0 Å². The predicted octanol–water partition coefficient (Wildman–Crippen LogP) is 15.3. The molecule has 0 amide bonds. The molecule has 0 aliphatic rings. The zero-order valence-corrected chi connectivity index (χ0v) is 30.3. The van der Waals surface area contributed by atoms with Gasteiger partial charge in [0.15, 0.2) is 0 Å². The molecule has 55 heavy (non-hydrogen) atoms. The van der Waals surface area contributed by atoms with Crippen molar-refractivity contribution in [2.75, 3.05) is 4.90 Å². The second kappa shape index (κ2) is 14.0. The Morgan fingerprint density at radius 1 is 0.218 bits per heavy atom. The van der Waals surface area contributed by atoms with Crippen molar-refractivity contribution in [2.24, 2.45) is 0 Å². The summed E-state index contributed by atoms with van der Waals surface area (Å²) in [5.74, 6) is 0. The van der Waals surface area contributed by atoms with Gasteiger partial charge in [0.25, 0.3) is 0 Å². The lowest BCUT2D eigenvalue weighted by Gasteiger charge is -2.27. The van der Waals surface area contributed by atoms with E-state index >= 15 is 0 Å². The van der Waals surface area contributed by atoms with E-state index in [-0.39, 0.29) is 0 Å². The maximum atomic E-state index is 2.39. The summed E-state index contributed by atoms with van der Waals surface area (Å²) in [6.07, 6.45) is 0. The van der Waals surface area contributed by atoms with Gasteiger partial charge in [0.1, 0.15) is 0 Å². The molecular weight excluding hydrogens is 663 g/mol. The van der Waals surface area contributed by atoms with Crippen molar-refractivity contribution in [3.63, 3.8) is 0 Å². The van der Waals surface area contributed by atoms with Gasteiger partial charge < -0.3 is 4.90 Å². The Hall–Kier alpha value is -7.22. The fourth-order valence-electron chi connectivity index (χ4n) is 8.17. The summed E-state index contributed by atoms with van der Waals surface area (Å²) in [5, 5.41) is 7.64. The molecular formula is C54H37N. The molecule has 0 unspecified atom stereocenters. The first-order valence-electron chi connectivity index (χ1n) is 18.9. The first kappa shape index (κ1) is 32.4. The fourth-order valence-corrected chi connectivity index (χ4v) is 8.17. The molecule has 0 saturated carbocycles. The topological polar surface area (TPSA) is 3.24 Å². The molecule has 0 fully saturated rings. The first-order chi connectivity index (χ1) is 27.3. The largest absolute Gasteiger partial charge is 0.310 e. The van der Waals surface area contributed by atoms with E-state index in [9.17, 15) is 0 Å². The van der Waals surface area contributed by atoms with Crippen LogP contribution in [0.2, 0.25) is 0 Å². The lowest BCUT2D eigenvalue weighted by molar-refractivity contribution is 1.28. The quantitative estimate of drug-likeness (QED) is 0.150. The molecule has 0 bridgehead atoms. The minimum absolute atomic E-state index is 1.10. The van der Waals surface area contributed by atoms with E-state index in [1.807, 2.05) is 0 Å². The Kier molecular flexibility index (Phi) is 8.24. The Morgan fingerprint density at radius 2 is 0.673 bits per heavy atom. The average Bonchev–Trinajstić information content (AvgIpc) is 3.27. The number of anilines is 3. The van der Waals surface area contributed by atoms with Gasteiger partial charge in [0, 0.05) is 17.1 Å². The maximum Gasteiger partial charge on any atom is 0.0468 e. The summed E-state index contributed by atoms with van der Waals surface area (Å²) >= 11 is 0. The van der Waals surface area contributed by atoms with E-state index in [1.165, 1.54) is 76.8 Å². The van der Waals surface area contributed by atoms with Crippen LogP contribution in [-0.2, 0) is 0 Å². The standard InChI is InChI=1S/C54H37N/c1-4-14-38(15-5-1)39-24-29-44(30-25-39)55(46-33-35-48(40-16-6-2-7-17-40)52(36-46)41-18-8-3-9-19-41)45-31-26-43(27-32-45)53-37-54-47-21-11-10-20-42(47)28-34-51(54)49-22-12-13-23-50(49)53/h1-37H. The molecule has 258 valence electrons. The van der Waals surface area contributed by atoms with Crippen LogP contribution < -0.4 is 4.90 Å². The molecule has 0 atom stereocenters. The van der Waals surface area contributed by atoms with Gasteiger partial charge >= 0.3 is 0 Å². The first-order valence-corrected chi connectivity index (χ1v) is 18.9. The van der Waals surface area contributed by atoms with Crippen LogP contribution in [0.3, 0.4) is 0 Å². The van der Waals surface area contributed by atoms with Gasteiger partial charge in [-0.1, -0.05) is 182 Å². The molecule has 10 aromatic rings.